The van der Waals surface area contributed by atoms with Crippen molar-refractivity contribution < 1.29 is 24.5 Å². The van der Waals surface area contributed by atoms with Crippen molar-refractivity contribution in [2.24, 2.45) is 0 Å². The van der Waals surface area contributed by atoms with Crippen LogP contribution in [0.15, 0.2) is 85.1 Å². The first-order valence-electron chi connectivity index (χ1n) is 23.8. The Hall–Kier alpha value is -2.96. The van der Waals surface area contributed by atoms with Crippen LogP contribution in [0.5, 0.6) is 0 Å². The van der Waals surface area contributed by atoms with E-state index in [4.69, 9.17) is 4.74 Å². The Morgan fingerprint density at radius 1 is 0.534 bits per heavy atom. The third-order valence-corrected chi connectivity index (χ3v) is 10.3. The molecule has 3 N–H and O–H groups in total. The van der Waals surface area contributed by atoms with E-state index in [1.165, 1.54) is 64.2 Å². The van der Waals surface area contributed by atoms with Crippen LogP contribution in [-0.4, -0.2) is 46.9 Å². The van der Waals surface area contributed by atoms with E-state index >= 15 is 0 Å². The second-order valence-electron chi connectivity index (χ2n) is 15.8. The van der Waals surface area contributed by atoms with Gasteiger partial charge in [0.2, 0.25) is 5.91 Å². The molecule has 332 valence electrons. The third-order valence-electron chi connectivity index (χ3n) is 10.3. The van der Waals surface area contributed by atoms with E-state index in [0.717, 1.165) is 89.9 Å². The van der Waals surface area contributed by atoms with Gasteiger partial charge in [0.1, 0.15) is 6.10 Å². The normalized spacial score (nSPS) is 14.1. The molecule has 1 amide bonds. The first kappa shape index (κ1) is 55.0. The number of amides is 1. The molecule has 0 aromatic rings. The maximum Gasteiger partial charge on any atom is 0.306 e. The molecule has 0 aromatic carbocycles. The van der Waals surface area contributed by atoms with E-state index in [0.29, 0.717) is 25.7 Å². The monoisotopic (exact) mass is 808 g/mol. The van der Waals surface area contributed by atoms with E-state index in [1.54, 1.807) is 0 Å². The van der Waals surface area contributed by atoms with Crippen molar-refractivity contribution in [3.63, 3.8) is 0 Å². The minimum Gasteiger partial charge on any atom is -0.462 e. The summed E-state index contributed by atoms with van der Waals surface area (Å²) in [6.45, 7) is 6.27. The van der Waals surface area contributed by atoms with Crippen LogP contribution in [0.1, 0.15) is 207 Å². The molecule has 3 atom stereocenters. The number of allylic oxidation sites excluding steroid dienone is 14. The summed E-state index contributed by atoms with van der Waals surface area (Å²) in [7, 11) is 0. The fraction of sp³-hybridized carbons (Fsp3) is 0.692. The third kappa shape index (κ3) is 39.8. The van der Waals surface area contributed by atoms with Gasteiger partial charge in [-0.1, -0.05) is 196 Å². The summed E-state index contributed by atoms with van der Waals surface area (Å²) in [5, 5.41) is 23.6. The molecule has 0 aliphatic rings. The number of carbonyl (C=O) groups excluding carboxylic acids is 2. The summed E-state index contributed by atoms with van der Waals surface area (Å²) < 4.78 is 5.88. The van der Waals surface area contributed by atoms with Crippen molar-refractivity contribution in [1.29, 1.82) is 0 Å². The van der Waals surface area contributed by atoms with Gasteiger partial charge in [0.25, 0.3) is 0 Å². The lowest BCUT2D eigenvalue weighted by atomic mass is 10.0. The fourth-order valence-electron chi connectivity index (χ4n) is 6.66. The molecule has 58 heavy (non-hydrogen) atoms. The standard InChI is InChI=1S/C52H89NO5/c1-4-7-10-13-16-19-21-23-24-25-26-28-30-33-36-39-42-45-52(57)58-48(43-40-37-34-32-29-27-22-20-17-14-11-8-5-2)46-51(56)53-49(47-54)50(55)44-41-38-35-31-18-15-12-9-6-3/h8,11,14,16-17,19-20,22-24,26,28,33,36,48-50,54-55H,4-7,9-10,12-13,15,18,21,25,27,29-32,34-35,37-47H2,1-3H3,(H,53,56)/b11-8+,17-14+,19-16-,22-20+,24-23-,28-26-,36-33-. The fourth-order valence-corrected chi connectivity index (χ4v) is 6.66. The van der Waals surface area contributed by atoms with Gasteiger partial charge in [-0.15, -0.1) is 0 Å². The van der Waals surface area contributed by atoms with Crippen molar-refractivity contribution in [3.8, 4) is 0 Å². The Morgan fingerprint density at radius 2 is 1.00 bits per heavy atom. The van der Waals surface area contributed by atoms with E-state index in [9.17, 15) is 19.8 Å². The zero-order valence-electron chi connectivity index (χ0n) is 37.6. The molecule has 0 rings (SSSR count). The van der Waals surface area contributed by atoms with E-state index in [2.05, 4.69) is 111 Å². The number of hydrogen-bond donors (Lipinski definition) is 3. The number of rotatable bonds is 41. The van der Waals surface area contributed by atoms with Crippen LogP contribution in [0.3, 0.4) is 0 Å². The van der Waals surface area contributed by atoms with Crippen molar-refractivity contribution in [1.82, 2.24) is 5.32 Å². The van der Waals surface area contributed by atoms with Crippen LogP contribution < -0.4 is 5.32 Å². The average molecular weight is 808 g/mol. The number of aliphatic hydroxyl groups excluding tert-OH is 2. The molecule has 0 bridgehead atoms. The predicted octanol–water partition coefficient (Wildman–Crippen LogP) is 14.0. The second-order valence-corrected chi connectivity index (χ2v) is 15.8. The number of nitrogens with one attached hydrogen (secondary N) is 1. The Kier molecular flexibility index (Phi) is 42.8. The van der Waals surface area contributed by atoms with Crippen LogP contribution >= 0.6 is 0 Å². The Balaban J connectivity index is 4.73. The number of aliphatic hydroxyl groups is 2. The van der Waals surface area contributed by atoms with Crippen molar-refractivity contribution in [3.05, 3.63) is 85.1 Å². The molecule has 6 nitrogen and oxygen atoms in total. The largest absolute Gasteiger partial charge is 0.462 e. The van der Waals surface area contributed by atoms with Gasteiger partial charge in [-0.3, -0.25) is 9.59 Å². The van der Waals surface area contributed by atoms with Crippen LogP contribution in [0.4, 0.5) is 0 Å². The van der Waals surface area contributed by atoms with Crippen molar-refractivity contribution in [2.45, 2.75) is 225 Å². The molecule has 0 saturated heterocycles. The second kappa shape index (κ2) is 45.1. The first-order valence-corrected chi connectivity index (χ1v) is 23.8. The number of carbonyl (C=O) groups is 2. The lowest BCUT2D eigenvalue weighted by Gasteiger charge is -2.24. The highest BCUT2D eigenvalue weighted by Gasteiger charge is 2.24. The highest BCUT2D eigenvalue weighted by Crippen LogP contribution is 2.16. The van der Waals surface area contributed by atoms with Gasteiger partial charge in [-0.05, 0) is 83.5 Å². The topological polar surface area (TPSA) is 95.9 Å². The summed E-state index contributed by atoms with van der Waals surface area (Å²) in [5.41, 5.74) is 0. The molecule has 0 aliphatic carbocycles. The van der Waals surface area contributed by atoms with Gasteiger partial charge in [-0.25, -0.2) is 0 Å². The Bertz CT molecular complexity index is 1130. The lowest BCUT2D eigenvalue weighted by molar-refractivity contribution is -0.151. The Morgan fingerprint density at radius 3 is 1.59 bits per heavy atom. The summed E-state index contributed by atoms with van der Waals surface area (Å²) in [6, 6.07) is -0.722. The number of esters is 1. The van der Waals surface area contributed by atoms with Crippen molar-refractivity contribution in [2.75, 3.05) is 6.61 Å². The van der Waals surface area contributed by atoms with Crippen molar-refractivity contribution >= 4 is 11.9 Å². The van der Waals surface area contributed by atoms with Gasteiger partial charge in [-0.2, -0.15) is 0 Å². The molecule has 3 unspecified atom stereocenters. The van der Waals surface area contributed by atoms with E-state index in [-0.39, 0.29) is 24.9 Å². The molecule has 0 radical (unpaired) electrons. The maximum atomic E-state index is 13.1. The van der Waals surface area contributed by atoms with Crippen LogP contribution in [0.25, 0.3) is 0 Å². The summed E-state index contributed by atoms with van der Waals surface area (Å²) in [4.78, 5) is 26.0. The lowest BCUT2D eigenvalue weighted by Crippen LogP contribution is -2.46. The summed E-state index contributed by atoms with van der Waals surface area (Å²) >= 11 is 0. The molecule has 0 aromatic heterocycles. The minimum atomic E-state index is -0.805. The Labute approximate surface area is 357 Å². The van der Waals surface area contributed by atoms with Gasteiger partial charge < -0.3 is 20.3 Å². The van der Waals surface area contributed by atoms with E-state index < -0.39 is 18.2 Å². The predicted molar refractivity (Wildman–Crippen MR) is 250 cm³/mol. The maximum absolute atomic E-state index is 13.1. The number of unbranched alkanes of at least 4 members (excludes halogenated alkanes) is 17. The molecule has 0 aliphatic heterocycles. The molecule has 0 fully saturated rings. The highest BCUT2D eigenvalue weighted by molar-refractivity contribution is 5.77. The number of hydrogen-bond acceptors (Lipinski definition) is 5. The van der Waals surface area contributed by atoms with Crippen LogP contribution in [0.2, 0.25) is 0 Å². The molecular weight excluding hydrogens is 719 g/mol. The van der Waals surface area contributed by atoms with E-state index in [1.807, 2.05) is 0 Å². The van der Waals surface area contributed by atoms with Gasteiger partial charge in [0.15, 0.2) is 0 Å². The number of ether oxygens (including phenoxy) is 1. The molecule has 6 heteroatoms. The summed E-state index contributed by atoms with van der Waals surface area (Å²) in [5.74, 6) is -0.570. The molecule has 0 heterocycles. The van der Waals surface area contributed by atoms with Gasteiger partial charge in [0.05, 0.1) is 25.2 Å². The average Bonchev–Trinajstić information content (AvgIpc) is 3.22. The zero-order valence-corrected chi connectivity index (χ0v) is 37.6. The van der Waals surface area contributed by atoms with Gasteiger partial charge in [0, 0.05) is 6.42 Å². The zero-order chi connectivity index (χ0) is 42.4. The van der Waals surface area contributed by atoms with Gasteiger partial charge >= 0.3 is 5.97 Å². The summed E-state index contributed by atoms with van der Waals surface area (Å²) in [6.07, 6.45) is 57.9. The molecule has 0 saturated carbocycles. The van der Waals surface area contributed by atoms with Crippen LogP contribution in [0, 0.1) is 0 Å². The highest BCUT2D eigenvalue weighted by atomic mass is 16.5. The molecular formula is C52H89NO5. The smallest absolute Gasteiger partial charge is 0.306 e. The SMILES string of the molecule is CC/C=C/C=C/C=C/CCCCCCCC(CC(=O)NC(CO)C(O)CCCCCCCCCCC)OC(=O)CCC/C=C\C/C=C\C/C=C\C/C=C\CCCCC. The first-order chi connectivity index (χ1) is 28.5. The minimum absolute atomic E-state index is 0.0376. The van der Waals surface area contributed by atoms with Crippen LogP contribution in [-0.2, 0) is 14.3 Å². The molecule has 0 spiro atoms. The quantitative estimate of drug-likeness (QED) is 0.0247.